The van der Waals surface area contributed by atoms with E-state index in [2.05, 4.69) is 42.6 Å². The Balaban J connectivity index is 0.00000243. The number of nitrogens with one attached hydrogen (secondary N) is 2. The first kappa shape index (κ1) is 20.9. The molecule has 3 heterocycles. The molecule has 2 aromatic rings. The number of anilines is 1. The summed E-state index contributed by atoms with van der Waals surface area (Å²) < 4.78 is 0. The topological polar surface area (TPSA) is 65.4 Å². The fraction of sp³-hybridized carbons (Fsp3) is 0.500. The summed E-state index contributed by atoms with van der Waals surface area (Å²) in [5, 5.41) is 7.84. The van der Waals surface area contributed by atoms with E-state index in [0.717, 1.165) is 48.7 Å². The average molecular weight is 486 g/mol. The fourth-order valence-corrected chi connectivity index (χ4v) is 3.87. The van der Waals surface area contributed by atoms with Gasteiger partial charge in [0.1, 0.15) is 5.82 Å². The van der Waals surface area contributed by atoms with Gasteiger partial charge >= 0.3 is 0 Å². The van der Waals surface area contributed by atoms with Crippen molar-refractivity contribution in [1.82, 2.24) is 20.6 Å². The van der Waals surface area contributed by atoms with Gasteiger partial charge < -0.3 is 15.5 Å². The summed E-state index contributed by atoms with van der Waals surface area (Å²) >= 11 is 1.73. The molecule has 1 saturated heterocycles. The van der Waals surface area contributed by atoms with Crippen molar-refractivity contribution in [3.05, 3.63) is 39.5 Å². The molecule has 142 valence electrons. The molecule has 0 aromatic carbocycles. The monoisotopic (exact) mass is 486 g/mol. The van der Waals surface area contributed by atoms with E-state index in [0.29, 0.717) is 0 Å². The molecule has 8 heteroatoms. The number of rotatable bonds is 5. The molecular weight excluding hydrogens is 459 g/mol. The van der Waals surface area contributed by atoms with E-state index in [1.165, 1.54) is 23.3 Å². The molecule has 6 nitrogen and oxygen atoms in total. The molecule has 1 aliphatic rings. The number of halogens is 1. The van der Waals surface area contributed by atoms with Crippen LogP contribution in [0.4, 0.5) is 5.82 Å². The maximum Gasteiger partial charge on any atom is 0.191 e. The van der Waals surface area contributed by atoms with Gasteiger partial charge in [0.15, 0.2) is 5.96 Å². The molecule has 0 saturated carbocycles. The third kappa shape index (κ3) is 5.54. The molecule has 0 bridgehead atoms. The first-order chi connectivity index (χ1) is 12.2. The third-order valence-electron chi connectivity index (χ3n) is 4.34. The molecule has 2 N–H and O–H groups in total. The van der Waals surface area contributed by atoms with Crippen LogP contribution in [0.25, 0.3) is 0 Å². The van der Waals surface area contributed by atoms with Crippen LogP contribution >= 0.6 is 35.3 Å². The second-order valence-corrected chi connectivity index (χ2v) is 7.52. The van der Waals surface area contributed by atoms with Gasteiger partial charge in [-0.15, -0.1) is 35.3 Å². The number of hydrogen-bond acceptors (Lipinski definition) is 5. The number of guanidine groups is 1. The van der Waals surface area contributed by atoms with Crippen molar-refractivity contribution in [3.8, 4) is 0 Å². The summed E-state index contributed by atoms with van der Waals surface area (Å²) in [6.07, 6.45) is 4.42. The predicted molar refractivity (Wildman–Crippen MR) is 120 cm³/mol. The summed E-state index contributed by atoms with van der Waals surface area (Å²) in [5.41, 5.74) is 2.31. The summed E-state index contributed by atoms with van der Waals surface area (Å²) in [6.45, 7) is 7.78. The lowest BCUT2D eigenvalue weighted by molar-refractivity contribution is 0.809. The quantitative estimate of drug-likeness (QED) is 0.386. The van der Waals surface area contributed by atoms with Crippen molar-refractivity contribution in [2.75, 3.05) is 25.0 Å². The van der Waals surface area contributed by atoms with Crippen molar-refractivity contribution < 1.29 is 0 Å². The molecule has 2 aromatic heterocycles. The highest BCUT2D eigenvalue weighted by atomic mass is 127. The van der Waals surface area contributed by atoms with Crippen LogP contribution in [0, 0.1) is 13.8 Å². The van der Waals surface area contributed by atoms with Gasteiger partial charge in [0.05, 0.1) is 17.2 Å². The molecule has 0 unspecified atom stereocenters. The second kappa shape index (κ2) is 10.1. The van der Waals surface area contributed by atoms with Crippen molar-refractivity contribution in [2.24, 2.45) is 4.99 Å². The highest BCUT2D eigenvalue weighted by Gasteiger charge is 2.13. The molecule has 0 amide bonds. The molecule has 0 spiro atoms. The van der Waals surface area contributed by atoms with Gasteiger partial charge in [-0.3, -0.25) is 4.99 Å². The van der Waals surface area contributed by atoms with Gasteiger partial charge in [0, 0.05) is 37.8 Å². The average Bonchev–Trinajstić information content (AvgIpc) is 3.25. The summed E-state index contributed by atoms with van der Waals surface area (Å²) in [5.74, 6) is 1.88. The molecule has 0 aliphatic carbocycles. The van der Waals surface area contributed by atoms with E-state index in [-0.39, 0.29) is 24.0 Å². The van der Waals surface area contributed by atoms with Crippen molar-refractivity contribution in [3.63, 3.8) is 0 Å². The lowest BCUT2D eigenvalue weighted by Gasteiger charge is -2.17. The smallest absolute Gasteiger partial charge is 0.191 e. The minimum atomic E-state index is 0. The minimum absolute atomic E-state index is 0. The Hall–Kier alpha value is -1.42. The second-order valence-electron chi connectivity index (χ2n) is 6.24. The van der Waals surface area contributed by atoms with Crippen molar-refractivity contribution in [1.29, 1.82) is 0 Å². The van der Waals surface area contributed by atoms with E-state index in [1.807, 2.05) is 20.0 Å². The van der Waals surface area contributed by atoms with Gasteiger partial charge in [0.2, 0.25) is 0 Å². The largest absolute Gasteiger partial charge is 0.357 e. The Bertz CT molecular complexity index is 739. The van der Waals surface area contributed by atoms with Crippen molar-refractivity contribution >= 4 is 47.1 Å². The first-order valence-electron chi connectivity index (χ1n) is 8.73. The number of aromatic nitrogens is 2. The summed E-state index contributed by atoms with van der Waals surface area (Å²) in [4.78, 5) is 16.9. The molecule has 1 fully saturated rings. The number of aryl methyl sites for hydroxylation is 2. The predicted octanol–water partition coefficient (Wildman–Crippen LogP) is 3.24. The van der Waals surface area contributed by atoms with E-state index in [1.54, 1.807) is 18.4 Å². The van der Waals surface area contributed by atoms with E-state index in [4.69, 9.17) is 0 Å². The summed E-state index contributed by atoms with van der Waals surface area (Å²) in [7, 11) is 1.79. The lowest BCUT2D eigenvalue weighted by atomic mass is 10.2. The molecule has 0 radical (unpaired) electrons. The number of aliphatic imine (C=N–C) groups is 1. The van der Waals surface area contributed by atoms with Gasteiger partial charge in [-0.2, -0.15) is 0 Å². The maximum absolute atomic E-state index is 4.50. The molecule has 0 atom stereocenters. The Kier molecular flexibility index (Phi) is 8.08. The standard InChI is InChI=1S/C18H26N6S.HI/c1-13-16(25-14(2)23-13)12-22-18(19-3)21-11-15-6-7-20-17(10-15)24-8-4-5-9-24;/h6-7,10H,4-5,8-9,11-12H2,1-3H3,(H2,19,21,22);1H. The van der Waals surface area contributed by atoms with E-state index >= 15 is 0 Å². The van der Waals surface area contributed by atoms with E-state index in [9.17, 15) is 0 Å². The van der Waals surface area contributed by atoms with Crippen LogP contribution in [0.1, 0.15) is 34.0 Å². The zero-order valence-corrected chi connectivity index (χ0v) is 18.7. The molecule has 1 aliphatic heterocycles. The van der Waals surface area contributed by atoms with Crippen LogP contribution in [-0.2, 0) is 13.1 Å². The number of nitrogens with zero attached hydrogens (tertiary/aromatic N) is 4. The van der Waals surface area contributed by atoms with Crippen molar-refractivity contribution in [2.45, 2.75) is 39.8 Å². The van der Waals surface area contributed by atoms with E-state index < -0.39 is 0 Å². The van der Waals surface area contributed by atoms with Gasteiger partial charge in [0.25, 0.3) is 0 Å². The lowest BCUT2D eigenvalue weighted by Crippen LogP contribution is -2.36. The Morgan fingerprint density at radius 1 is 1.23 bits per heavy atom. The Morgan fingerprint density at radius 3 is 2.62 bits per heavy atom. The fourth-order valence-electron chi connectivity index (χ4n) is 3.00. The maximum atomic E-state index is 4.50. The minimum Gasteiger partial charge on any atom is -0.357 e. The van der Waals surface area contributed by atoms with Gasteiger partial charge in [-0.1, -0.05) is 0 Å². The van der Waals surface area contributed by atoms with Crippen LogP contribution in [0.15, 0.2) is 23.3 Å². The third-order valence-corrected chi connectivity index (χ3v) is 5.41. The SMILES string of the molecule is CN=C(NCc1ccnc(N2CCCC2)c1)NCc1sc(C)nc1C.I. The van der Waals surface area contributed by atoms with Gasteiger partial charge in [-0.25, -0.2) is 9.97 Å². The Labute approximate surface area is 176 Å². The zero-order chi connectivity index (χ0) is 17.6. The number of thiazole rings is 1. The molecule has 3 rings (SSSR count). The summed E-state index contributed by atoms with van der Waals surface area (Å²) in [6, 6.07) is 4.22. The normalized spacial score (nSPS) is 14.3. The Morgan fingerprint density at radius 2 is 1.96 bits per heavy atom. The number of pyridine rings is 1. The van der Waals surface area contributed by atoms with Crippen LogP contribution in [0.2, 0.25) is 0 Å². The van der Waals surface area contributed by atoms with Crippen LogP contribution in [0.3, 0.4) is 0 Å². The van der Waals surface area contributed by atoms with Crippen LogP contribution in [-0.4, -0.2) is 36.1 Å². The van der Waals surface area contributed by atoms with Crippen LogP contribution in [0.5, 0.6) is 0 Å². The van der Waals surface area contributed by atoms with Gasteiger partial charge in [-0.05, 0) is 44.4 Å². The number of hydrogen-bond donors (Lipinski definition) is 2. The van der Waals surface area contributed by atoms with Crippen LogP contribution < -0.4 is 15.5 Å². The zero-order valence-electron chi connectivity index (χ0n) is 15.6. The highest BCUT2D eigenvalue weighted by molar-refractivity contribution is 14.0. The molecular formula is C18H27IN6S. The first-order valence-corrected chi connectivity index (χ1v) is 9.54. The molecule has 26 heavy (non-hydrogen) atoms. The highest BCUT2D eigenvalue weighted by Crippen LogP contribution is 2.18.